The molecule has 0 aliphatic heterocycles. The summed E-state index contributed by atoms with van der Waals surface area (Å²) in [5.74, 6) is -2.96. The van der Waals surface area contributed by atoms with Crippen LogP contribution >= 0.6 is 0 Å². The maximum atomic E-state index is 13.5. The number of aliphatic hydroxyl groups is 2. The molecule has 0 spiro atoms. The summed E-state index contributed by atoms with van der Waals surface area (Å²) in [6, 6.07) is 0. The Morgan fingerprint density at radius 3 is 2.33 bits per heavy atom. The van der Waals surface area contributed by atoms with Gasteiger partial charge in [0, 0.05) is 11.8 Å². The van der Waals surface area contributed by atoms with Crippen molar-refractivity contribution in [1.29, 1.82) is 0 Å². The summed E-state index contributed by atoms with van der Waals surface area (Å²) >= 11 is 0. The molecule has 2 bridgehead atoms. The first-order valence-corrected chi connectivity index (χ1v) is 9.68. The molecule has 0 radical (unpaired) electrons. The highest BCUT2D eigenvalue weighted by molar-refractivity contribution is 6.32. The van der Waals surface area contributed by atoms with Crippen molar-refractivity contribution in [2.75, 3.05) is 0 Å². The Morgan fingerprint density at radius 2 is 1.89 bits per heavy atom. The van der Waals surface area contributed by atoms with Crippen molar-refractivity contribution in [2.45, 2.75) is 73.3 Å². The standard InChI is InChI=1S/C22H32O5/c1-8-13(4)16(23)15-17(24)21(7)14(20(5,6)27)11-22(18(15)25,19(21)26)10-9-12(2)3/h9,13-14,25,27H,8,10-11H2,1-7H3. The first-order valence-electron chi connectivity index (χ1n) is 9.68. The molecule has 0 aromatic rings. The normalized spacial score (nSPS) is 31.9. The van der Waals surface area contributed by atoms with Crippen LogP contribution in [0.2, 0.25) is 0 Å². The molecular formula is C22H32O5. The van der Waals surface area contributed by atoms with E-state index < -0.39 is 45.6 Å². The number of Topliss-reactive ketones (excluding diaryl/α,β-unsaturated/α-hetero) is 3. The fourth-order valence-corrected chi connectivity index (χ4v) is 4.64. The van der Waals surface area contributed by atoms with Crippen molar-refractivity contribution in [3.63, 3.8) is 0 Å². The van der Waals surface area contributed by atoms with Crippen LogP contribution in [0.4, 0.5) is 0 Å². The van der Waals surface area contributed by atoms with Gasteiger partial charge in [0.25, 0.3) is 0 Å². The maximum Gasteiger partial charge on any atom is 0.183 e. The molecule has 0 aromatic carbocycles. The molecule has 2 N–H and O–H groups in total. The fourth-order valence-electron chi connectivity index (χ4n) is 4.64. The van der Waals surface area contributed by atoms with E-state index >= 15 is 0 Å². The summed E-state index contributed by atoms with van der Waals surface area (Å²) in [4.78, 5) is 39.7. The molecule has 4 unspecified atom stereocenters. The minimum absolute atomic E-state index is 0.143. The summed E-state index contributed by atoms with van der Waals surface area (Å²) in [7, 11) is 0. The number of carbonyl (C=O) groups is 3. The van der Waals surface area contributed by atoms with Gasteiger partial charge in [0.15, 0.2) is 17.3 Å². The molecule has 27 heavy (non-hydrogen) atoms. The molecule has 150 valence electrons. The molecule has 5 nitrogen and oxygen atoms in total. The predicted octanol–water partition coefficient (Wildman–Crippen LogP) is 3.71. The zero-order valence-electron chi connectivity index (χ0n) is 17.5. The highest BCUT2D eigenvalue weighted by Crippen LogP contribution is 2.62. The summed E-state index contributed by atoms with van der Waals surface area (Å²) < 4.78 is 0. The number of carbonyl (C=O) groups excluding carboxylic acids is 3. The van der Waals surface area contributed by atoms with Crippen LogP contribution in [0.1, 0.15) is 67.7 Å². The first kappa shape index (κ1) is 21.5. The Kier molecular flexibility index (Phi) is 5.34. The number of allylic oxidation sites excluding steroid dienone is 4. The molecule has 0 saturated heterocycles. The summed E-state index contributed by atoms with van der Waals surface area (Å²) in [5, 5.41) is 21.8. The molecule has 0 heterocycles. The van der Waals surface area contributed by atoms with Crippen molar-refractivity contribution in [3.8, 4) is 0 Å². The number of aliphatic hydroxyl groups excluding tert-OH is 1. The molecule has 1 saturated carbocycles. The summed E-state index contributed by atoms with van der Waals surface area (Å²) in [6.07, 6.45) is 2.74. The van der Waals surface area contributed by atoms with Gasteiger partial charge in [-0.2, -0.15) is 0 Å². The van der Waals surface area contributed by atoms with Crippen molar-refractivity contribution in [1.82, 2.24) is 0 Å². The monoisotopic (exact) mass is 376 g/mol. The van der Waals surface area contributed by atoms with Gasteiger partial charge in [0.05, 0.1) is 16.4 Å². The van der Waals surface area contributed by atoms with Crippen molar-refractivity contribution >= 4 is 17.3 Å². The van der Waals surface area contributed by atoms with Crippen LogP contribution in [0.15, 0.2) is 23.0 Å². The topological polar surface area (TPSA) is 91.7 Å². The van der Waals surface area contributed by atoms with Gasteiger partial charge in [-0.05, 0) is 53.9 Å². The molecule has 0 aromatic heterocycles. The highest BCUT2D eigenvalue weighted by Gasteiger charge is 2.71. The smallest absolute Gasteiger partial charge is 0.183 e. The van der Waals surface area contributed by atoms with Gasteiger partial charge in [0.1, 0.15) is 11.3 Å². The molecule has 5 heteroatoms. The van der Waals surface area contributed by atoms with Crippen LogP contribution in [-0.4, -0.2) is 33.2 Å². The number of fused-ring (bicyclic) bond motifs is 2. The first-order chi connectivity index (χ1) is 12.2. The van der Waals surface area contributed by atoms with E-state index in [1.807, 2.05) is 26.8 Å². The molecule has 0 amide bonds. The van der Waals surface area contributed by atoms with E-state index in [0.29, 0.717) is 6.42 Å². The molecular weight excluding hydrogens is 344 g/mol. The Bertz CT molecular complexity index is 747. The zero-order valence-corrected chi connectivity index (χ0v) is 17.5. The molecule has 4 atom stereocenters. The zero-order chi connectivity index (χ0) is 20.9. The third-order valence-electron chi connectivity index (χ3n) is 6.56. The van der Waals surface area contributed by atoms with E-state index in [2.05, 4.69) is 0 Å². The molecule has 2 aliphatic carbocycles. The van der Waals surface area contributed by atoms with E-state index in [9.17, 15) is 24.6 Å². The summed E-state index contributed by atoms with van der Waals surface area (Å²) in [5.41, 5.74) is -3.41. The quantitative estimate of drug-likeness (QED) is 0.419. The van der Waals surface area contributed by atoms with Crippen LogP contribution in [0.25, 0.3) is 0 Å². The number of rotatable bonds is 6. The maximum absolute atomic E-state index is 13.5. The van der Waals surface area contributed by atoms with Gasteiger partial charge in [-0.25, -0.2) is 0 Å². The Labute approximate surface area is 161 Å². The summed E-state index contributed by atoms with van der Waals surface area (Å²) in [6.45, 7) is 12.0. The SMILES string of the molecule is CCC(C)C(=O)C1=C(O)C2(CC=C(C)C)CC(C(C)(C)O)C(C)(C1=O)C2=O. The second-order valence-corrected chi connectivity index (χ2v) is 9.24. The van der Waals surface area contributed by atoms with Crippen molar-refractivity contribution < 1.29 is 24.6 Å². The van der Waals surface area contributed by atoms with Crippen molar-refractivity contribution in [2.24, 2.45) is 22.7 Å². The van der Waals surface area contributed by atoms with Gasteiger partial charge in [-0.1, -0.05) is 25.5 Å². The average molecular weight is 376 g/mol. The van der Waals surface area contributed by atoms with E-state index in [1.54, 1.807) is 20.8 Å². The minimum Gasteiger partial charge on any atom is -0.510 e. The second-order valence-electron chi connectivity index (χ2n) is 9.24. The average Bonchev–Trinajstić information content (AvgIpc) is 2.77. The fraction of sp³-hybridized carbons (Fsp3) is 0.682. The third kappa shape index (κ3) is 3.00. The lowest BCUT2D eigenvalue weighted by molar-refractivity contribution is -0.147. The van der Waals surface area contributed by atoms with Crippen LogP contribution in [0.5, 0.6) is 0 Å². The van der Waals surface area contributed by atoms with Crippen LogP contribution in [-0.2, 0) is 14.4 Å². The van der Waals surface area contributed by atoms with Gasteiger partial charge >= 0.3 is 0 Å². The number of hydrogen-bond donors (Lipinski definition) is 2. The Morgan fingerprint density at radius 1 is 1.33 bits per heavy atom. The van der Waals surface area contributed by atoms with E-state index in [0.717, 1.165) is 5.57 Å². The van der Waals surface area contributed by atoms with Gasteiger partial charge in [0.2, 0.25) is 0 Å². The number of hydrogen-bond acceptors (Lipinski definition) is 5. The van der Waals surface area contributed by atoms with Crippen LogP contribution in [0, 0.1) is 22.7 Å². The van der Waals surface area contributed by atoms with Crippen LogP contribution in [0.3, 0.4) is 0 Å². The third-order valence-corrected chi connectivity index (χ3v) is 6.56. The van der Waals surface area contributed by atoms with Crippen molar-refractivity contribution in [3.05, 3.63) is 23.0 Å². The Hall–Kier alpha value is -1.75. The lowest BCUT2D eigenvalue weighted by atomic mass is 9.62. The minimum atomic E-state index is -1.52. The van der Waals surface area contributed by atoms with E-state index in [1.165, 1.54) is 6.92 Å². The van der Waals surface area contributed by atoms with Gasteiger partial charge in [-0.15, -0.1) is 0 Å². The number of ketones is 3. The molecule has 1 fully saturated rings. The largest absolute Gasteiger partial charge is 0.510 e. The van der Waals surface area contributed by atoms with Gasteiger partial charge < -0.3 is 10.2 Å². The lowest BCUT2D eigenvalue weighted by Gasteiger charge is -2.38. The Balaban J connectivity index is 2.79. The van der Waals surface area contributed by atoms with E-state index in [-0.39, 0.29) is 24.2 Å². The van der Waals surface area contributed by atoms with Gasteiger partial charge in [-0.3, -0.25) is 14.4 Å². The highest BCUT2D eigenvalue weighted by atomic mass is 16.3. The molecule has 2 rings (SSSR count). The van der Waals surface area contributed by atoms with Crippen LogP contribution < -0.4 is 0 Å². The second kappa shape index (κ2) is 6.69. The van der Waals surface area contributed by atoms with E-state index in [4.69, 9.17) is 0 Å². The predicted molar refractivity (Wildman–Crippen MR) is 103 cm³/mol. The lowest BCUT2D eigenvalue weighted by Crippen LogP contribution is -2.52. The molecule has 2 aliphatic rings.